The maximum absolute atomic E-state index is 12.1. The molecule has 3 N–H and O–H groups in total. The fourth-order valence-corrected chi connectivity index (χ4v) is 5.15. The van der Waals surface area contributed by atoms with Crippen LogP contribution < -0.4 is 5.73 Å². The fourth-order valence-electron chi connectivity index (χ4n) is 5.15. The van der Waals surface area contributed by atoms with E-state index in [1.165, 1.54) is 22.3 Å². The van der Waals surface area contributed by atoms with Gasteiger partial charge in [0, 0.05) is 37.6 Å². The van der Waals surface area contributed by atoms with Crippen LogP contribution in [0, 0.1) is 0 Å². The van der Waals surface area contributed by atoms with Crippen molar-refractivity contribution in [3.8, 4) is 5.75 Å². The van der Waals surface area contributed by atoms with Crippen molar-refractivity contribution in [2.75, 3.05) is 13.1 Å². The number of carbonyl (C=O) groups excluding carboxylic acids is 1. The summed E-state index contributed by atoms with van der Waals surface area (Å²) in [5.41, 5.74) is 14.5. The van der Waals surface area contributed by atoms with Crippen LogP contribution in [0.5, 0.6) is 5.75 Å². The Labute approximate surface area is 202 Å². The van der Waals surface area contributed by atoms with Gasteiger partial charge in [0.25, 0.3) is 0 Å². The molecule has 1 aliphatic heterocycles. The minimum atomic E-state index is -0.380. The minimum Gasteiger partial charge on any atom is -0.508 e. The van der Waals surface area contributed by atoms with E-state index in [1.54, 1.807) is 6.07 Å². The number of benzene rings is 2. The Morgan fingerprint density at radius 1 is 0.971 bits per heavy atom. The van der Waals surface area contributed by atoms with Crippen LogP contribution in [0.2, 0.25) is 0 Å². The van der Waals surface area contributed by atoms with Gasteiger partial charge in [-0.15, -0.1) is 0 Å². The van der Waals surface area contributed by atoms with Gasteiger partial charge in [0.05, 0.1) is 0 Å². The summed E-state index contributed by atoms with van der Waals surface area (Å²) >= 11 is 0. The number of phenols is 1. The Hall–Kier alpha value is -3.44. The van der Waals surface area contributed by atoms with Crippen molar-refractivity contribution < 1.29 is 9.90 Å². The van der Waals surface area contributed by atoms with Gasteiger partial charge in [-0.1, -0.05) is 37.6 Å². The van der Waals surface area contributed by atoms with Gasteiger partial charge >= 0.3 is 0 Å². The number of piperidine rings is 1. The molecular formula is C29H33N3O2. The highest BCUT2D eigenvalue weighted by Crippen LogP contribution is 2.37. The van der Waals surface area contributed by atoms with Crippen molar-refractivity contribution >= 4 is 11.5 Å². The number of nitrogens with two attached hydrogens (primary N) is 1. The van der Waals surface area contributed by atoms with Crippen molar-refractivity contribution in [3.63, 3.8) is 0 Å². The van der Waals surface area contributed by atoms with Crippen LogP contribution in [0.3, 0.4) is 0 Å². The first-order chi connectivity index (χ1) is 16.5. The average molecular weight is 456 g/mol. The molecule has 3 aromatic rings. The zero-order valence-corrected chi connectivity index (χ0v) is 20.1. The molecule has 1 aliphatic rings. The molecule has 5 nitrogen and oxygen atoms in total. The smallest absolute Gasteiger partial charge is 0.248 e. The molecule has 1 saturated heterocycles. The summed E-state index contributed by atoms with van der Waals surface area (Å²) in [4.78, 5) is 18.7. The van der Waals surface area contributed by atoms with Crippen molar-refractivity contribution in [3.05, 3.63) is 99.9 Å². The number of rotatable bonds is 7. The van der Waals surface area contributed by atoms with E-state index in [1.807, 2.05) is 36.7 Å². The predicted molar refractivity (Wildman–Crippen MR) is 137 cm³/mol. The SMILES string of the molecule is CCc1c(C(N)=O)ccc(C(=C2CCN(Cc3ccncc3)CC2)c2cccc(O)c2)c1CC. The number of aromatic nitrogens is 1. The number of pyridine rings is 1. The lowest BCUT2D eigenvalue weighted by Crippen LogP contribution is -2.30. The first kappa shape index (κ1) is 23.7. The molecule has 2 heterocycles. The molecule has 0 aliphatic carbocycles. The van der Waals surface area contributed by atoms with E-state index < -0.39 is 0 Å². The number of phenolic OH excluding ortho intramolecular Hbond substituents is 1. The molecule has 1 fully saturated rings. The summed E-state index contributed by atoms with van der Waals surface area (Å²) in [6.45, 7) is 7.07. The molecule has 1 aromatic heterocycles. The summed E-state index contributed by atoms with van der Waals surface area (Å²) < 4.78 is 0. The number of aromatic hydroxyl groups is 1. The quantitative estimate of drug-likeness (QED) is 0.519. The van der Waals surface area contributed by atoms with E-state index >= 15 is 0 Å². The molecule has 34 heavy (non-hydrogen) atoms. The van der Waals surface area contributed by atoms with Gasteiger partial charge in [-0.05, 0) is 89.4 Å². The second-order valence-corrected chi connectivity index (χ2v) is 8.85. The summed E-state index contributed by atoms with van der Waals surface area (Å²) in [6, 6.07) is 15.6. The number of likely N-dealkylation sites (tertiary alicyclic amines) is 1. The van der Waals surface area contributed by atoms with Gasteiger partial charge < -0.3 is 10.8 Å². The zero-order chi connectivity index (χ0) is 24.1. The Morgan fingerprint density at radius 2 is 1.62 bits per heavy atom. The summed E-state index contributed by atoms with van der Waals surface area (Å²) in [7, 11) is 0. The molecule has 4 rings (SSSR count). The molecule has 176 valence electrons. The highest BCUT2D eigenvalue weighted by molar-refractivity contribution is 5.96. The maximum atomic E-state index is 12.1. The molecule has 0 radical (unpaired) electrons. The maximum Gasteiger partial charge on any atom is 0.248 e. The number of carbonyl (C=O) groups is 1. The fraction of sp³-hybridized carbons (Fsp3) is 0.310. The van der Waals surface area contributed by atoms with E-state index in [0.717, 1.165) is 62.0 Å². The summed E-state index contributed by atoms with van der Waals surface area (Å²) in [5, 5.41) is 10.3. The lowest BCUT2D eigenvalue weighted by Gasteiger charge is -2.31. The number of hydrogen-bond donors (Lipinski definition) is 2. The van der Waals surface area contributed by atoms with Gasteiger partial charge in [0.1, 0.15) is 5.75 Å². The monoisotopic (exact) mass is 455 g/mol. The number of amides is 1. The van der Waals surface area contributed by atoms with E-state index in [9.17, 15) is 9.90 Å². The van der Waals surface area contributed by atoms with Crippen LogP contribution in [0.4, 0.5) is 0 Å². The normalized spacial score (nSPS) is 14.2. The number of nitrogens with zero attached hydrogens (tertiary/aromatic N) is 2. The van der Waals surface area contributed by atoms with E-state index in [2.05, 4.69) is 41.9 Å². The molecule has 0 saturated carbocycles. The van der Waals surface area contributed by atoms with E-state index in [4.69, 9.17) is 5.73 Å². The Balaban J connectivity index is 1.76. The third kappa shape index (κ3) is 5.05. The molecule has 2 aromatic carbocycles. The largest absolute Gasteiger partial charge is 0.508 e. The van der Waals surface area contributed by atoms with Crippen LogP contribution in [0.1, 0.15) is 64.9 Å². The Bertz CT molecular complexity index is 1190. The number of hydrogen-bond acceptors (Lipinski definition) is 4. The van der Waals surface area contributed by atoms with Crippen LogP contribution in [-0.2, 0) is 19.4 Å². The van der Waals surface area contributed by atoms with E-state index in [-0.39, 0.29) is 11.7 Å². The third-order valence-electron chi connectivity index (χ3n) is 6.78. The highest BCUT2D eigenvalue weighted by Gasteiger charge is 2.23. The van der Waals surface area contributed by atoms with Crippen molar-refractivity contribution in [2.24, 2.45) is 5.73 Å². The zero-order valence-electron chi connectivity index (χ0n) is 20.1. The second-order valence-electron chi connectivity index (χ2n) is 8.85. The summed E-state index contributed by atoms with van der Waals surface area (Å²) in [5.74, 6) is -0.123. The highest BCUT2D eigenvalue weighted by atomic mass is 16.3. The first-order valence-electron chi connectivity index (χ1n) is 12.1. The van der Waals surface area contributed by atoms with Crippen molar-refractivity contribution in [1.82, 2.24) is 9.88 Å². The van der Waals surface area contributed by atoms with Crippen molar-refractivity contribution in [1.29, 1.82) is 0 Å². The van der Waals surface area contributed by atoms with Gasteiger partial charge in [-0.3, -0.25) is 14.7 Å². The average Bonchev–Trinajstić information content (AvgIpc) is 2.85. The first-order valence-corrected chi connectivity index (χ1v) is 12.1. The van der Waals surface area contributed by atoms with Gasteiger partial charge in [-0.2, -0.15) is 0 Å². The van der Waals surface area contributed by atoms with Crippen molar-refractivity contribution in [2.45, 2.75) is 46.1 Å². The molecule has 0 bridgehead atoms. The molecule has 0 unspecified atom stereocenters. The lowest BCUT2D eigenvalue weighted by atomic mass is 9.82. The molecule has 5 heteroatoms. The molecule has 0 spiro atoms. The Morgan fingerprint density at radius 3 is 2.24 bits per heavy atom. The van der Waals surface area contributed by atoms with Crippen LogP contribution in [0.15, 0.2) is 66.5 Å². The molecule has 0 atom stereocenters. The van der Waals surface area contributed by atoms with Crippen LogP contribution in [-0.4, -0.2) is 34.0 Å². The standard InChI is InChI=1S/C29H33N3O2/c1-3-24-25(4-2)27(29(30)34)9-8-26(24)28(22-6-5-7-23(33)18-22)21-12-16-32(17-13-21)19-20-10-14-31-15-11-20/h5-11,14-15,18,33H,3-4,12-13,16-17,19H2,1-2H3,(H2,30,34). The van der Waals surface area contributed by atoms with E-state index in [0.29, 0.717) is 5.56 Å². The van der Waals surface area contributed by atoms with Gasteiger partial charge in [0.15, 0.2) is 0 Å². The third-order valence-corrected chi connectivity index (χ3v) is 6.78. The molecular weight excluding hydrogens is 422 g/mol. The summed E-state index contributed by atoms with van der Waals surface area (Å²) in [6.07, 6.45) is 7.16. The second kappa shape index (κ2) is 10.7. The predicted octanol–water partition coefficient (Wildman–Crippen LogP) is 5.11. The molecule has 1 amide bonds. The van der Waals surface area contributed by atoms with Crippen LogP contribution >= 0.6 is 0 Å². The van der Waals surface area contributed by atoms with Crippen LogP contribution in [0.25, 0.3) is 5.57 Å². The topological polar surface area (TPSA) is 79.5 Å². The lowest BCUT2D eigenvalue weighted by molar-refractivity contribution is 0.0999. The Kier molecular flexibility index (Phi) is 7.43. The number of primary amides is 1. The van der Waals surface area contributed by atoms with Gasteiger partial charge in [-0.25, -0.2) is 0 Å². The van der Waals surface area contributed by atoms with Gasteiger partial charge in [0.2, 0.25) is 5.91 Å². The minimum absolute atomic E-state index is 0.258.